The van der Waals surface area contributed by atoms with E-state index in [0.29, 0.717) is 12.0 Å². The third-order valence-electron chi connectivity index (χ3n) is 2.74. The zero-order valence-electron chi connectivity index (χ0n) is 10.3. The van der Waals surface area contributed by atoms with Crippen molar-refractivity contribution in [3.05, 3.63) is 0 Å². The van der Waals surface area contributed by atoms with E-state index in [1.165, 1.54) is 0 Å². The van der Waals surface area contributed by atoms with Crippen molar-refractivity contribution >= 4 is 0 Å². The van der Waals surface area contributed by atoms with Crippen LogP contribution in [0.15, 0.2) is 0 Å². The minimum atomic E-state index is 0.628. The van der Waals surface area contributed by atoms with E-state index in [0.717, 1.165) is 26.3 Å². The molecule has 0 aliphatic carbocycles. The molecule has 0 spiro atoms. The molecular weight excluding hydrogens is 176 g/mol. The van der Waals surface area contributed by atoms with E-state index in [2.05, 4.69) is 38.0 Å². The van der Waals surface area contributed by atoms with Gasteiger partial charge in [0.05, 0.1) is 13.2 Å². The molecule has 0 aromatic rings. The average molecular weight is 202 g/mol. The second-order valence-corrected chi connectivity index (χ2v) is 4.18. The first-order valence-corrected chi connectivity index (χ1v) is 5.52. The van der Waals surface area contributed by atoms with Crippen LogP contribution in [0.4, 0.5) is 0 Å². The molecule has 1 atom stereocenters. The molecule has 0 heterocycles. The SMILES string of the molecule is CNCCOCCN(C)C(C)C(C)C. The number of nitrogens with zero attached hydrogens (tertiary/aromatic N) is 1. The molecule has 0 saturated carbocycles. The van der Waals surface area contributed by atoms with Gasteiger partial charge in [0.2, 0.25) is 0 Å². The molecule has 0 bridgehead atoms. The first kappa shape index (κ1) is 13.9. The van der Waals surface area contributed by atoms with Crippen LogP contribution in [0.3, 0.4) is 0 Å². The summed E-state index contributed by atoms with van der Waals surface area (Å²) >= 11 is 0. The van der Waals surface area contributed by atoms with Crippen LogP contribution in [-0.4, -0.2) is 51.3 Å². The van der Waals surface area contributed by atoms with E-state index < -0.39 is 0 Å². The summed E-state index contributed by atoms with van der Waals surface area (Å²) in [7, 11) is 4.10. The number of nitrogens with one attached hydrogen (secondary N) is 1. The highest BCUT2D eigenvalue weighted by atomic mass is 16.5. The van der Waals surface area contributed by atoms with E-state index in [1.807, 2.05) is 7.05 Å². The summed E-state index contributed by atoms with van der Waals surface area (Å²) < 4.78 is 5.47. The van der Waals surface area contributed by atoms with E-state index >= 15 is 0 Å². The van der Waals surface area contributed by atoms with Crippen LogP contribution in [0.2, 0.25) is 0 Å². The molecular formula is C11H26N2O. The van der Waals surface area contributed by atoms with E-state index in [-0.39, 0.29) is 0 Å². The first-order chi connectivity index (χ1) is 6.59. The van der Waals surface area contributed by atoms with Crippen molar-refractivity contribution in [1.29, 1.82) is 0 Å². The number of hydrogen-bond acceptors (Lipinski definition) is 3. The summed E-state index contributed by atoms with van der Waals surface area (Å²) in [5.74, 6) is 0.706. The van der Waals surface area contributed by atoms with Gasteiger partial charge in [0, 0.05) is 19.1 Å². The predicted molar refractivity (Wildman–Crippen MR) is 61.7 cm³/mol. The van der Waals surface area contributed by atoms with Gasteiger partial charge in [-0.3, -0.25) is 0 Å². The molecule has 0 aromatic carbocycles. The summed E-state index contributed by atoms with van der Waals surface area (Å²) in [4.78, 5) is 2.35. The molecule has 1 unspecified atom stereocenters. The van der Waals surface area contributed by atoms with Crippen LogP contribution < -0.4 is 5.32 Å². The lowest BCUT2D eigenvalue weighted by Gasteiger charge is -2.27. The van der Waals surface area contributed by atoms with E-state index in [1.54, 1.807) is 0 Å². The van der Waals surface area contributed by atoms with Crippen LogP contribution >= 0.6 is 0 Å². The molecule has 0 aliphatic rings. The van der Waals surface area contributed by atoms with Crippen molar-refractivity contribution in [3.63, 3.8) is 0 Å². The summed E-state index contributed by atoms with van der Waals surface area (Å²) in [6, 6.07) is 0.628. The van der Waals surface area contributed by atoms with Crippen molar-refractivity contribution in [2.45, 2.75) is 26.8 Å². The van der Waals surface area contributed by atoms with Gasteiger partial charge in [-0.05, 0) is 26.9 Å². The van der Waals surface area contributed by atoms with Crippen LogP contribution in [0, 0.1) is 5.92 Å². The Labute approximate surface area is 88.8 Å². The Morgan fingerprint density at radius 2 is 1.86 bits per heavy atom. The van der Waals surface area contributed by atoms with Crippen LogP contribution in [0.1, 0.15) is 20.8 Å². The Morgan fingerprint density at radius 3 is 2.36 bits per heavy atom. The Hall–Kier alpha value is -0.120. The summed E-state index contributed by atoms with van der Waals surface area (Å²) in [5, 5.41) is 3.06. The summed E-state index contributed by atoms with van der Waals surface area (Å²) in [6.07, 6.45) is 0. The maximum atomic E-state index is 5.47. The van der Waals surface area contributed by atoms with Gasteiger partial charge in [0.25, 0.3) is 0 Å². The summed E-state index contributed by atoms with van der Waals surface area (Å²) in [6.45, 7) is 10.4. The molecule has 0 rings (SSSR count). The van der Waals surface area contributed by atoms with E-state index in [9.17, 15) is 0 Å². The minimum absolute atomic E-state index is 0.628. The normalized spacial score (nSPS) is 13.9. The van der Waals surface area contributed by atoms with Crippen LogP contribution in [-0.2, 0) is 4.74 Å². The minimum Gasteiger partial charge on any atom is -0.379 e. The molecule has 0 amide bonds. The van der Waals surface area contributed by atoms with Crippen molar-refractivity contribution in [1.82, 2.24) is 10.2 Å². The van der Waals surface area contributed by atoms with Crippen molar-refractivity contribution in [3.8, 4) is 0 Å². The largest absolute Gasteiger partial charge is 0.379 e. The number of ether oxygens (including phenoxy) is 1. The Kier molecular flexibility index (Phi) is 8.14. The molecule has 0 aliphatic heterocycles. The van der Waals surface area contributed by atoms with Gasteiger partial charge >= 0.3 is 0 Å². The third kappa shape index (κ3) is 6.35. The monoisotopic (exact) mass is 202 g/mol. The fraction of sp³-hybridized carbons (Fsp3) is 1.00. The van der Waals surface area contributed by atoms with Gasteiger partial charge < -0.3 is 15.0 Å². The molecule has 0 radical (unpaired) electrons. The Balaban J connectivity index is 3.39. The second kappa shape index (κ2) is 8.21. The highest BCUT2D eigenvalue weighted by molar-refractivity contribution is 4.66. The van der Waals surface area contributed by atoms with Gasteiger partial charge in [0.1, 0.15) is 0 Å². The van der Waals surface area contributed by atoms with Crippen LogP contribution in [0.25, 0.3) is 0 Å². The van der Waals surface area contributed by atoms with Crippen molar-refractivity contribution < 1.29 is 4.74 Å². The molecule has 1 N–H and O–H groups in total. The lowest BCUT2D eigenvalue weighted by molar-refractivity contribution is 0.0947. The van der Waals surface area contributed by atoms with Crippen molar-refractivity contribution in [2.75, 3.05) is 40.4 Å². The molecule has 3 nitrogen and oxygen atoms in total. The van der Waals surface area contributed by atoms with Gasteiger partial charge in [-0.15, -0.1) is 0 Å². The quantitative estimate of drug-likeness (QED) is 0.599. The third-order valence-corrected chi connectivity index (χ3v) is 2.74. The topological polar surface area (TPSA) is 24.5 Å². The maximum absolute atomic E-state index is 5.47. The second-order valence-electron chi connectivity index (χ2n) is 4.18. The number of rotatable bonds is 8. The number of likely N-dealkylation sites (N-methyl/N-ethyl adjacent to an activating group) is 2. The van der Waals surface area contributed by atoms with E-state index in [4.69, 9.17) is 4.74 Å². The highest BCUT2D eigenvalue weighted by Gasteiger charge is 2.11. The summed E-state index contributed by atoms with van der Waals surface area (Å²) in [5.41, 5.74) is 0. The molecule has 14 heavy (non-hydrogen) atoms. The van der Waals surface area contributed by atoms with Gasteiger partial charge in [-0.2, -0.15) is 0 Å². The highest BCUT2D eigenvalue weighted by Crippen LogP contribution is 2.06. The smallest absolute Gasteiger partial charge is 0.0594 e. The van der Waals surface area contributed by atoms with Crippen molar-refractivity contribution in [2.24, 2.45) is 5.92 Å². The lowest BCUT2D eigenvalue weighted by atomic mass is 10.1. The fourth-order valence-corrected chi connectivity index (χ4v) is 1.20. The maximum Gasteiger partial charge on any atom is 0.0594 e. The lowest BCUT2D eigenvalue weighted by Crippen LogP contribution is -2.35. The first-order valence-electron chi connectivity index (χ1n) is 5.52. The zero-order chi connectivity index (χ0) is 11.0. The molecule has 0 fully saturated rings. The zero-order valence-corrected chi connectivity index (χ0v) is 10.3. The van der Waals surface area contributed by atoms with Gasteiger partial charge in [-0.1, -0.05) is 13.8 Å². The average Bonchev–Trinajstić information content (AvgIpc) is 2.16. The predicted octanol–water partition coefficient (Wildman–Crippen LogP) is 1.20. The standard InChI is InChI=1S/C11H26N2O/c1-10(2)11(3)13(5)7-9-14-8-6-12-4/h10-12H,6-9H2,1-5H3. The number of hydrogen-bond donors (Lipinski definition) is 1. The van der Waals surface area contributed by atoms with Gasteiger partial charge in [-0.25, -0.2) is 0 Å². The Morgan fingerprint density at radius 1 is 1.21 bits per heavy atom. The molecule has 86 valence electrons. The molecule has 0 saturated heterocycles. The fourth-order valence-electron chi connectivity index (χ4n) is 1.20. The Bertz CT molecular complexity index is 128. The van der Waals surface area contributed by atoms with Crippen LogP contribution in [0.5, 0.6) is 0 Å². The molecule has 0 aromatic heterocycles. The molecule has 3 heteroatoms. The van der Waals surface area contributed by atoms with Gasteiger partial charge in [0.15, 0.2) is 0 Å².